The fourth-order valence-electron chi connectivity index (χ4n) is 2.71. The first-order valence-corrected chi connectivity index (χ1v) is 8.45. The molecule has 0 spiro atoms. The maximum atomic E-state index is 12.3. The van der Waals surface area contributed by atoms with Gasteiger partial charge in [0.05, 0.1) is 25.4 Å². The zero-order valence-electron chi connectivity index (χ0n) is 15.1. The standard InChI is InChI=1S/C15H24N6O7/c16-7(4-10(17)22)13(25)19-6-12(24)21-3-1-2-9(21)14(26)20-8(15(27)28)5-11(18)23/h7-9H,1-6,16H2,(H2,17,22)(H2,18,23)(H,19,25)(H,20,26)(H,27,28). The number of nitrogens with zero attached hydrogens (tertiary/aromatic N) is 1. The second-order valence-corrected chi connectivity index (χ2v) is 6.31. The Morgan fingerprint density at radius 2 is 1.68 bits per heavy atom. The number of amides is 5. The number of likely N-dealkylation sites (tertiary alicyclic amines) is 1. The van der Waals surface area contributed by atoms with Gasteiger partial charge in [-0.3, -0.25) is 24.0 Å². The number of primary amides is 2. The molecular formula is C15H24N6O7. The third-order valence-corrected chi connectivity index (χ3v) is 4.07. The highest BCUT2D eigenvalue weighted by Gasteiger charge is 2.36. The van der Waals surface area contributed by atoms with Crippen molar-refractivity contribution >= 4 is 35.5 Å². The van der Waals surface area contributed by atoms with Crippen LogP contribution in [0.3, 0.4) is 0 Å². The Balaban J connectivity index is 2.65. The van der Waals surface area contributed by atoms with Crippen LogP contribution >= 0.6 is 0 Å². The van der Waals surface area contributed by atoms with Crippen LogP contribution in [0.1, 0.15) is 25.7 Å². The zero-order valence-corrected chi connectivity index (χ0v) is 15.1. The third-order valence-electron chi connectivity index (χ3n) is 4.07. The van der Waals surface area contributed by atoms with Crippen LogP contribution < -0.4 is 27.8 Å². The summed E-state index contributed by atoms with van der Waals surface area (Å²) >= 11 is 0. The Labute approximate surface area is 159 Å². The van der Waals surface area contributed by atoms with Crippen LogP contribution in [0.25, 0.3) is 0 Å². The number of carboxylic acid groups (broad SMARTS) is 1. The Bertz CT molecular complexity index is 667. The van der Waals surface area contributed by atoms with E-state index in [1.54, 1.807) is 0 Å². The molecule has 0 radical (unpaired) electrons. The molecule has 1 fully saturated rings. The van der Waals surface area contributed by atoms with Crippen molar-refractivity contribution in [2.75, 3.05) is 13.1 Å². The number of carboxylic acids is 1. The minimum Gasteiger partial charge on any atom is -0.480 e. The highest BCUT2D eigenvalue weighted by Crippen LogP contribution is 2.17. The molecule has 1 rings (SSSR count). The van der Waals surface area contributed by atoms with Gasteiger partial charge in [-0.25, -0.2) is 4.79 Å². The third kappa shape index (κ3) is 6.83. The van der Waals surface area contributed by atoms with E-state index >= 15 is 0 Å². The summed E-state index contributed by atoms with van der Waals surface area (Å²) in [4.78, 5) is 70.4. The molecule has 0 bridgehead atoms. The van der Waals surface area contributed by atoms with E-state index in [2.05, 4.69) is 10.6 Å². The van der Waals surface area contributed by atoms with Crippen LogP contribution in [-0.2, 0) is 28.8 Å². The van der Waals surface area contributed by atoms with Gasteiger partial charge in [-0.05, 0) is 12.8 Å². The van der Waals surface area contributed by atoms with Crippen LogP contribution in [0.15, 0.2) is 0 Å². The van der Waals surface area contributed by atoms with Gasteiger partial charge >= 0.3 is 5.97 Å². The summed E-state index contributed by atoms with van der Waals surface area (Å²) in [6.07, 6.45) is -0.192. The van der Waals surface area contributed by atoms with Crippen LogP contribution in [0, 0.1) is 0 Å². The first-order chi connectivity index (χ1) is 13.0. The van der Waals surface area contributed by atoms with Crippen molar-refractivity contribution in [3.63, 3.8) is 0 Å². The minimum atomic E-state index is -1.51. The largest absolute Gasteiger partial charge is 0.480 e. The van der Waals surface area contributed by atoms with E-state index in [4.69, 9.17) is 22.3 Å². The number of carbonyl (C=O) groups is 6. The van der Waals surface area contributed by atoms with Gasteiger partial charge in [-0.15, -0.1) is 0 Å². The molecule has 1 heterocycles. The van der Waals surface area contributed by atoms with Gasteiger partial charge in [-0.1, -0.05) is 0 Å². The molecular weight excluding hydrogens is 376 g/mol. The molecule has 0 aromatic heterocycles. The average molecular weight is 400 g/mol. The number of carbonyl (C=O) groups excluding carboxylic acids is 5. The summed E-state index contributed by atoms with van der Waals surface area (Å²) in [6.45, 7) is -0.230. The predicted molar refractivity (Wildman–Crippen MR) is 92.9 cm³/mol. The maximum absolute atomic E-state index is 12.3. The van der Waals surface area contributed by atoms with Crippen LogP contribution in [0.4, 0.5) is 0 Å². The predicted octanol–water partition coefficient (Wildman–Crippen LogP) is -4.26. The van der Waals surface area contributed by atoms with Gasteiger partial charge < -0.3 is 37.8 Å². The smallest absolute Gasteiger partial charge is 0.326 e. The lowest BCUT2D eigenvalue weighted by Crippen LogP contribution is -2.53. The number of hydrogen-bond donors (Lipinski definition) is 6. The van der Waals surface area contributed by atoms with Crippen molar-refractivity contribution in [1.29, 1.82) is 0 Å². The van der Waals surface area contributed by atoms with E-state index in [9.17, 15) is 28.8 Å². The van der Waals surface area contributed by atoms with Gasteiger partial charge in [0.2, 0.25) is 29.5 Å². The van der Waals surface area contributed by atoms with Crippen molar-refractivity contribution in [3.8, 4) is 0 Å². The number of aliphatic carboxylic acids is 1. The van der Waals surface area contributed by atoms with Crippen molar-refractivity contribution < 1.29 is 33.9 Å². The van der Waals surface area contributed by atoms with Crippen LogP contribution in [0.5, 0.6) is 0 Å². The van der Waals surface area contributed by atoms with Crippen molar-refractivity contribution in [3.05, 3.63) is 0 Å². The Morgan fingerprint density at radius 1 is 1.07 bits per heavy atom. The summed E-state index contributed by atoms with van der Waals surface area (Å²) < 4.78 is 0. The van der Waals surface area contributed by atoms with E-state index in [1.807, 2.05) is 0 Å². The molecule has 0 aliphatic carbocycles. The molecule has 0 aromatic rings. The zero-order chi connectivity index (χ0) is 21.4. The van der Waals surface area contributed by atoms with E-state index < -0.39 is 66.6 Å². The van der Waals surface area contributed by atoms with Crippen molar-refractivity contribution in [1.82, 2.24) is 15.5 Å². The van der Waals surface area contributed by atoms with Gasteiger partial charge in [0.15, 0.2) is 0 Å². The fourth-order valence-corrected chi connectivity index (χ4v) is 2.71. The molecule has 3 unspecified atom stereocenters. The summed E-state index contributed by atoms with van der Waals surface area (Å²) in [5, 5.41) is 13.5. The van der Waals surface area contributed by atoms with Gasteiger partial charge in [0.25, 0.3) is 0 Å². The van der Waals surface area contributed by atoms with Crippen LogP contribution in [0.2, 0.25) is 0 Å². The summed E-state index contributed by atoms with van der Waals surface area (Å²) in [5.74, 6) is -5.18. The lowest BCUT2D eigenvalue weighted by atomic mass is 10.1. The first-order valence-electron chi connectivity index (χ1n) is 8.45. The molecule has 5 amide bonds. The summed E-state index contributed by atoms with van der Waals surface area (Å²) in [6, 6.07) is -3.65. The molecule has 13 heteroatoms. The molecule has 9 N–H and O–H groups in total. The Kier molecular flexibility index (Phi) is 8.31. The SMILES string of the molecule is NC(=O)CC(N)C(=O)NCC(=O)N1CCCC1C(=O)NC(CC(N)=O)C(=O)O. The Morgan fingerprint density at radius 3 is 2.21 bits per heavy atom. The van der Waals surface area contributed by atoms with E-state index in [1.165, 1.54) is 4.90 Å². The highest BCUT2D eigenvalue weighted by atomic mass is 16.4. The maximum Gasteiger partial charge on any atom is 0.326 e. The normalized spacial score (nSPS) is 18.0. The number of rotatable bonds is 10. The average Bonchev–Trinajstić information content (AvgIpc) is 3.07. The molecule has 1 aliphatic rings. The highest BCUT2D eigenvalue weighted by molar-refractivity contribution is 5.94. The molecule has 0 saturated carbocycles. The molecule has 13 nitrogen and oxygen atoms in total. The summed E-state index contributed by atoms with van der Waals surface area (Å²) in [7, 11) is 0. The Hall–Kier alpha value is -3.22. The molecule has 28 heavy (non-hydrogen) atoms. The molecule has 156 valence electrons. The van der Waals surface area contributed by atoms with Gasteiger partial charge in [0.1, 0.15) is 12.1 Å². The molecule has 0 aromatic carbocycles. The molecule has 1 saturated heterocycles. The first kappa shape index (κ1) is 22.8. The van der Waals surface area contributed by atoms with Crippen molar-refractivity contribution in [2.45, 2.75) is 43.8 Å². The fraction of sp³-hybridized carbons (Fsp3) is 0.600. The van der Waals surface area contributed by atoms with E-state index in [-0.39, 0.29) is 19.4 Å². The summed E-state index contributed by atoms with van der Waals surface area (Å²) in [5.41, 5.74) is 15.4. The lowest BCUT2D eigenvalue weighted by molar-refractivity contribution is -0.145. The van der Waals surface area contributed by atoms with Gasteiger partial charge in [0, 0.05) is 6.54 Å². The van der Waals surface area contributed by atoms with E-state index in [0.717, 1.165) is 0 Å². The second kappa shape index (κ2) is 10.2. The number of nitrogens with two attached hydrogens (primary N) is 3. The minimum absolute atomic E-state index is 0.230. The molecule has 1 aliphatic heterocycles. The van der Waals surface area contributed by atoms with Crippen molar-refractivity contribution in [2.24, 2.45) is 17.2 Å². The van der Waals surface area contributed by atoms with Crippen LogP contribution in [-0.4, -0.2) is 76.7 Å². The quantitative estimate of drug-likeness (QED) is 0.210. The number of nitrogens with one attached hydrogen (secondary N) is 2. The molecule has 3 atom stereocenters. The van der Waals surface area contributed by atoms with E-state index in [0.29, 0.717) is 6.42 Å². The lowest BCUT2D eigenvalue weighted by Gasteiger charge is -2.25. The van der Waals surface area contributed by atoms with Gasteiger partial charge in [-0.2, -0.15) is 0 Å². The topological polar surface area (TPSA) is 228 Å². The second-order valence-electron chi connectivity index (χ2n) is 6.31. The number of hydrogen-bond acceptors (Lipinski definition) is 7. The monoisotopic (exact) mass is 400 g/mol.